The van der Waals surface area contributed by atoms with Crippen LogP contribution < -0.4 is 4.74 Å². The number of fused-ring (bicyclic) bond motifs is 1. The molecule has 0 spiro atoms. The van der Waals surface area contributed by atoms with Gasteiger partial charge in [0, 0.05) is 10.6 Å². The van der Waals surface area contributed by atoms with Crippen LogP contribution in [-0.2, 0) is 16.0 Å². The first-order valence-electron chi connectivity index (χ1n) is 6.36. The molecule has 3 rings (SSSR count). The Morgan fingerprint density at radius 3 is 2.57 bits per heavy atom. The maximum Gasteiger partial charge on any atom is 0.323 e. The highest BCUT2D eigenvalue weighted by molar-refractivity contribution is 6.30. The van der Waals surface area contributed by atoms with Crippen molar-refractivity contribution >= 4 is 23.5 Å². The van der Waals surface area contributed by atoms with Gasteiger partial charge >= 0.3 is 11.9 Å². The molecular formula is C16H11ClO4. The molecule has 1 aliphatic rings. The van der Waals surface area contributed by atoms with E-state index in [1.807, 2.05) is 0 Å². The summed E-state index contributed by atoms with van der Waals surface area (Å²) in [6.45, 7) is 0. The van der Waals surface area contributed by atoms with Gasteiger partial charge in [-0.05, 0) is 29.3 Å². The normalized spacial score (nSPS) is 16.4. The lowest BCUT2D eigenvalue weighted by atomic mass is 9.91. The molecule has 5 heteroatoms. The number of aliphatic carboxylic acids is 1. The first-order valence-corrected chi connectivity index (χ1v) is 6.74. The molecule has 4 nitrogen and oxygen atoms in total. The molecule has 1 aliphatic heterocycles. The van der Waals surface area contributed by atoms with Crippen LogP contribution in [0.2, 0.25) is 5.02 Å². The van der Waals surface area contributed by atoms with Crippen molar-refractivity contribution in [3.8, 4) is 5.75 Å². The molecule has 0 bridgehead atoms. The quantitative estimate of drug-likeness (QED) is 0.699. The molecule has 0 fully saturated rings. The van der Waals surface area contributed by atoms with Crippen molar-refractivity contribution in [2.75, 3.05) is 0 Å². The Hall–Kier alpha value is -2.33. The Kier molecular flexibility index (Phi) is 3.39. The van der Waals surface area contributed by atoms with Crippen LogP contribution in [0.1, 0.15) is 22.6 Å². The highest BCUT2D eigenvalue weighted by Crippen LogP contribution is 2.39. The van der Waals surface area contributed by atoms with Gasteiger partial charge in [-0.2, -0.15) is 0 Å². The van der Waals surface area contributed by atoms with Gasteiger partial charge in [0.15, 0.2) is 0 Å². The van der Waals surface area contributed by atoms with Gasteiger partial charge in [-0.15, -0.1) is 0 Å². The van der Waals surface area contributed by atoms with Gasteiger partial charge in [-0.25, -0.2) is 0 Å². The summed E-state index contributed by atoms with van der Waals surface area (Å²) in [6.07, 6.45) is -0.0885. The predicted molar refractivity (Wildman–Crippen MR) is 76.7 cm³/mol. The molecule has 106 valence electrons. The molecule has 2 aromatic rings. The lowest BCUT2D eigenvalue weighted by Crippen LogP contribution is -2.11. The number of esters is 1. The molecule has 0 saturated heterocycles. The van der Waals surface area contributed by atoms with E-state index in [0.29, 0.717) is 21.9 Å². The molecule has 1 N–H and O–H groups in total. The maximum absolute atomic E-state index is 12.1. The first kappa shape index (κ1) is 13.6. The summed E-state index contributed by atoms with van der Waals surface area (Å²) in [5, 5.41) is 9.46. The van der Waals surface area contributed by atoms with Crippen molar-refractivity contribution in [1.82, 2.24) is 0 Å². The van der Waals surface area contributed by atoms with E-state index in [1.54, 1.807) is 42.5 Å². The topological polar surface area (TPSA) is 63.6 Å². The summed E-state index contributed by atoms with van der Waals surface area (Å²) in [5.74, 6) is -1.33. The van der Waals surface area contributed by atoms with E-state index in [-0.39, 0.29) is 12.4 Å². The molecule has 0 saturated carbocycles. The van der Waals surface area contributed by atoms with Crippen LogP contribution in [-0.4, -0.2) is 17.0 Å². The van der Waals surface area contributed by atoms with Crippen molar-refractivity contribution in [2.24, 2.45) is 0 Å². The predicted octanol–water partition coefficient (Wildman–Crippen LogP) is 3.02. The summed E-state index contributed by atoms with van der Waals surface area (Å²) >= 11 is 5.86. The number of carboxylic acids is 1. The fraction of sp³-hybridized carbons (Fsp3) is 0.125. The number of hydrogen-bond acceptors (Lipinski definition) is 3. The summed E-state index contributed by atoms with van der Waals surface area (Å²) in [5.41, 5.74) is 2.11. The molecule has 1 unspecified atom stereocenters. The Morgan fingerprint density at radius 2 is 1.90 bits per heavy atom. The summed E-state index contributed by atoms with van der Waals surface area (Å²) in [4.78, 5) is 22.9. The molecule has 21 heavy (non-hydrogen) atoms. The van der Waals surface area contributed by atoms with Gasteiger partial charge in [-0.1, -0.05) is 35.9 Å². The Morgan fingerprint density at radius 1 is 1.19 bits per heavy atom. The molecule has 0 aromatic heterocycles. The van der Waals surface area contributed by atoms with E-state index in [2.05, 4.69) is 0 Å². The standard InChI is InChI=1S/C16H11ClO4/c17-11-4-2-10(3-5-11)15-12-7-9(8-14(18)19)1-6-13(12)21-16(15)20/h1-7,15H,8H2,(H,18,19). The zero-order valence-corrected chi connectivity index (χ0v) is 11.6. The lowest BCUT2D eigenvalue weighted by Gasteiger charge is -2.08. The van der Waals surface area contributed by atoms with Crippen LogP contribution in [0, 0.1) is 0 Å². The van der Waals surface area contributed by atoms with Crippen molar-refractivity contribution in [3.05, 3.63) is 64.2 Å². The zero-order valence-electron chi connectivity index (χ0n) is 10.9. The molecular weight excluding hydrogens is 292 g/mol. The molecule has 0 radical (unpaired) electrons. The Balaban J connectivity index is 2.03. The van der Waals surface area contributed by atoms with Crippen molar-refractivity contribution in [3.63, 3.8) is 0 Å². The van der Waals surface area contributed by atoms with E-state index >= 15 is 0 Å². The number of carbonyl (C=O) groups excluding carboxylic acids is 1. The molecule has 0 aliphatic carbocycles. The van der Waals surface area contributed by atoms with E-state index in [4.69, 9.17) is 21.4 Å². The average Bonchev–Trinajstić information content (AvgIpc) is 2.75. The van der Waals surface area contributed by atoms with Crippen LogP contribution in [0.3, 0.4) is 0 Å². The lowest BCUT2D eigenvalue weighted by molar-refractivity contribution is -0.136. The van der Waals surface area contributed by atoms with E-state index in [0.717, 1.165) is 5.56 Å². The second-order valence-electron chi connectivity index (χ2n) is 4.85. The van der Waals surface area contributed by atoms with Crippen LogP contribution in [0.4, 0.5) is 0 Å². The number of halogens is 1. The number of hydrogen-bond donors (Lipinski definition) is 1. The number of carbonyl (C=O) groups is 2. The SMILES string of the molecule is O=C(O)Cc1ccc2c(c1)C(c1ccc(Cl)cc1)C(=O)O2. The fourth-order valence-corrected chi connectivity index (χ4v) is 2.59. The summed E-state index contributed by atoms with van der Waals surface area (Å²) in [7, 11) is 0. The fourth-order valence-electron chi connectivity index (χ4n) is 2.47. The number of carboxylic acid groups (broad SMARTS) is 1. The van der Waals surface area contributed by atoms with Crippen molar-refractivity contribution in [2.45, 2.75) is 12.3 Å². The minimum Gasteiger partial charge on any atom is -0.481 e. The molecule has 1 heterocycles. The molecule has 0 amide bonds. The van der Waals surface area contributed by atoms with Crippen LogP contribution >= 0.6 is 11.6 Å². The maximum atomic E-state index is 12.1. The largest absolute Gasteiger partial charge is 0.481 e. The average molecular weight is 303 g/mol. The van der Waals surface area contributed by atoms with Crippen LogP contribution in [0.15, 0.2) is 42.5 Å². The highest BCUT2D eigenvalue weighted by atomic mass is 35.5. The molecule has 1 atom stereocenters. The summed E-state index contributed by atoms with van der Waals surface area (Å²) < 4.78 is 5.24. The highest BCUT2D eigenvalue weighted by Gasteiger charge is 2.34. The minimum atomic E-state index is -0.914. The van der Waals surface area contributed by atoms with Gasteiger partial charge in [0.05, 0.1) is 6.42 Å². The molecule has 2 aromatic carbocycles. The summed E-state index contributed by atoms with van der Waals surface area (Å²) in [6, 6.07) is 12.0. The third-order valence-electron chi connectivity index (χ3n) is 3.39. The van der Waals surface area contributed by atoms with Gasteiger partial charge in [0.25, 0.3) is 0 Å². The third-order valence-corrected chi connectivity index (χ3v) is 3.64. The van der Waals surface area contributed by atoms with Crippen LogP contribution in [0.25, 0.3) is 0 Å². The van der Waals surface area contributed by atoms with Crippen molar-refractivity contribution in [1.29, 1.82) is 0 Å². The Bertz CT molecular complexity index is 722. The van der Waals surface area contributed by atoms with E-state index in [9.17, 15) is 9.59 Å². The van der Waals surface area contributed by atoms with Gasteiger partial charge in [0.2, 0.25) is 0 Å². The monoisotopic (exact) mass is 302 g/mol. The smallest absolute Gasteiger partial charge is 0.323 e. The Labute approximate surface area is 125 Å². The van der Waals surface area contributed by atoms with E-state index in [1.165, 1.54) is 0 Å². The van der Waals surface area contributed by atoms with Crippen molar-refractivity contribution < 1.29 is 19.4 Å². The first-order chi connectivity index (χ1) is 10.0. The van der Waals surface area contributed by atoms with Crippen LogP contribution in [0.5, 0.6) is 5.75 Å². The number of benzene rings is 2. The third kappa shape index (κ3) is 2.62. The van der Waals surface area contributed by atoms with Gasteiger partial charge in [0.1, 0.15) is 11.7 Å². The number of rotatable bonds is 3. The second-order valence-corrected chi connectivity index (χ2v) is 5.28. The van der Waals surface area contributed by atoms with Gasteiger partial charge < -0.3 is 9.84 Å². The van der Waals surface area contributed by atoms with Gasteiger partial charge in [-0.3, -0.25) is 9.59 Å². The second kappa shape index (κ2) is 5.22. The number of ether oxygens (including phenoxy) is 1. The zero-order chi connectivity index (χ0) is 15.0. The minimum absolute atomic E-state index is 0.0885. The van der Waals surface area contributed by atoms with E-state index < -0.39 is 11.9 Å².